The highest BCUT2D eigenvalue weighted by Gasteiger charge is 2.24. The first-order chi connectivity index (χ1) is 11.6. The predicted molar refractivity (Wildman–Crippen MR) is 90.0 cm³/mol. The highest BCUT2D eigenvalue weighted by Crippen LogP contribution is 2.28. The maximum Gasteiger partial charge on any atom is 0.338 e. The largest absolute Gasteiger partial charge is 0.462 e. The van der Waals surface area contributed by atoms with E-state index in [0.717, 1.165) is 29.7 Å². The van der Waals surface area contributed by atoms with E-state index < -0.39 is 0 Å². The van der Waals surface area contributed by atoms with Crippen LogP contribution in [0.3, 0.4) is 0 Å². The topological polar surface area (TPSA) is 64.4 Å². The summed E-state index contributed by atoms with van der Waals surface area (Å²) < 4.78 is 6.70. The van der Waals surface area contributed by atoms with Gasteiger partial charge in [-0.2, -0.15) is 5.10 Å². The van der Waals surface area contributed by atoms with Gasteiger partial charge in [0.1, 0.15) is 6.54 Å². The summed E-state index contributed by atoms with van der Waals surface area (Å²) in [6, 6.07) is 5.40. The van der Waals surface area contributed by atoms with Crippen molar-refractivity contribution in [2.45, 2.75) is 33.2 Å². The molecule has 0 bridgehead atoms. The van der Waals surface area contributed by atoms with Gasteiger partial charge in [0.25, 0.3) is 0 Å². The Balaban J connectivity index is 1.80. The van der Waals surface area contributed by atoms with Gasteiger partial charge >= 0.3 is 5.97 Å². The van der Waals surface area contributed by atoms with Crippen LogP contribution in [0.2, 0.25) is 0 Å². The number of aromatic nitrogens is 2. The molecule has 0 saturated carbocycles. The third-order valence-electron chi connectivity index (χ3n) is 4.07. The first kappa shape index (κ1) is 16.2. The summed E-state index contributed by atoms with van der Waals surface area (Å²) in [7, 11) is 0. The Labute approximate surface area is 141 Å². The number of anilines is 1. The van der Waals surface area contributed by atoms with Crippen LogP contribution in [0.1, 0.15) is 34.8 Å². The number of amides is 1. The van der Waals surface area contributed by atoms with Crippen LogP contribution in [0.4, 0.5) is 5.69 Å². The summed E-state index contributed by atoms with van der Waals surface area (Å²) in [6.07, 6.45) is 5.33. The van der Waals surface area contributed by atoms with E-state index in [1.54, 1.807) is 28.8 Å². The molecule has 0 saturated heterocycles. The maximum absolute atomic E-state index is 12.6. The number of rotatable bonds is 4. The van der Waals surface area contributed by atoms with Gasteiger partial charge in [-0.05, 0) is 56.0 Å². The number of hydrogen-bond acceptors (Lipinski definition) is 4. The van der Waals surface area contributed by atoms with Crippen LogP contribution < -0.4 is 4.90 Å². The molecular formula is C18H21N3O3. The highest BCUT2D eigenvalue weighted by molar-refractivity contribution is 5.96. The summed E-state index contributed by atoms with van der Waals surface area (Å²) in [5.41, 5.74) is 3.45. The molecule has 0 radical (unpaired) electrons. The number of esters is 1. The Bertz CT molecular complexity index is 767. The van der Waals surface area contributed by atoms with Crippen LogP contribution >= 0.6 is 0 Å². The lowest BCUT2D eigenvalue weighted by atomic mass is 9.99. The number of hydrogen-bond donors (Lipinski definition) is 0. The lowest BCUT2D eigenvalue weighted by Gasteiger charge is -2.29. The van der Waals surface area contributed by atoms with E-state index in [-0.39, 0.29) is 18.4 Å². The maximum atomic E-state index is 12.6. The van der Waals surface area contributed by atoms with Crippen LogP contribution in [0.5, 0.6) is 0 Å². The van der Waals surface area contributed by atoms with Gasteiger partial charge in [-0.3, -0.25) is 9.48 Å². The molecule has 2 aromatic rings. The molecule has 24 heavy (non-hydrogen) atoms. The second kappa shape index (κ2) is 6.86. The zero-order valence-electron chi connectivity index (χ0n) is 14.0. The van der Waals surface area contributed by atoms with Crippen LogP contribution in [-0.2, 0) is 22.5 Å². The van der Waals surface area contributed by atoms with Gasteiger partial charge in [-0.15, -0.1) is 0 Å². The molecular weight excluding hydrogens is 306 g/mol. The van der Waals surface area contributed by atoms with E-state index in [9.17, 15) is 9.59 Å². The Morgan fingerprint density at radius 2 is 2.17 bits per heavy atom. The zero-order chi connectivity index (χ0) is 17.1. The molecule has 0 N–H and O–H groups in total. The van der Waals surface area contributed by atoms with E-state index in [0.29, 0.717) is 18.7 Å². The summed E-state index contributed by atoms with van der Waals surface area (Å²) in [6.45, 7) is 4.98. The number of benzene rings is 1. The Morgan fingerprint density at radius 1 is 1.33 bits per heavy atom. The SMILES string of the molecule is CCOC(=O)c1ccc2c(c1)CCCN2C(=O)Cn1cc(C)cn1. The average molecular weight is 327 g/mol. The molecule has 0 spiro atoms. The third kappa shape index (κ3) is 3.32. The molecule has 0 aliphatic carbocycles. The van der Waals surface area contributed by atoms with Gasteiger partial charge < -0.3 is 9.64 Å². The van der Waals surface area contributed by atoms with Gasteiger partial charge in [0.2, 0.25) is 5.91 Å². The molecule has 126 valence electrons. The summed E-state index contributed by atoms with van der Waals surface area (Å²) in [5.74, 6) is -0.321. The number of aryl methyl sites for hydroxylation is 2. The van der Waals surface area contributed by atoms with Crippen molar-refractivity contribution in [3.05, 3.63) is 47.3 Å². The monoisotopic (exact) mass is 327 g/mol. The Kier molecular flexibility index (Phi) is 4.64. The van der Waals surface area contributed by atoms with Gasteiger partial charge in [0.05, 0.1) is 18.4 Å². The molecule has 2 heterocycles. The van der Waals surface area contributed by atoms with E-state index >= 15 is 0 Å². The van der Waals surface area contributed by atoms with Gasteiger partial charge in [0, 0.05) is 18.4 Å². The van der Waals surface area contributed by atoms with E-state index in [1.165, 1.54) is 0 Å². The molecule has 3 rings (SSSR count). The number of nitrogens with zero attached hydrogens (tertiary/aromatic N) is 3. The van der Waals surface area contributed by atoms with Crippen LogP contribution in [0.15, 0.2) is 30.6 Å². The second-order valence-electron chi connectivity index (χ2n) is 5.93. The van der Waals surface area contributed by atoms with Crippen molar-refractivity contribution in [2.75, 3.05) is 18.1 Å². The average Bonchev–Trinajstić information content (AvgIpc) is 2.98. The van der Waals surface area contributed by atoms with Crippen molar-refractivity contribution in [3.63, 3.8) is 0 Å². The molecule has 0 atom stereocenters. The lowest BCUT2D eigenvalue weighted by Crippen LogP contribution is -2.38. The molecule has 1 aromatic heterocycles. The summed E-state index contributed by atoms with van der Waals surface area (Å²) in [4.78, 5) is 26.3. The Hall–Kier alpha value is -2.63. The van der Waals surface area contributed by atoms with Gasteiger partial charge in [-0.1, -0.05) is 0 Å². The molecule has 1 amide bonds. The summed E-state index contributed by atoms with van der Waals surface area (Å²) >= 11 is 0. The third-order valence-corrected chi connectivity index (χ3v) is 4.07. The normalized spacial score (nSPS) is 13.5. The number of carbonyl (C=O) groups excluding carboxylic acids is 2. The molecule has 6 heteroatoms. The minimum absolute atomic E-state index is 0.00272. The fraction of sp³-hybridized carbons (Fsp3) is 0.389. The molecule has 6 nitrogen and oxygen atoms in total. The zero-order valence-corrected chi connectivity index (χ0v) is 14.0. The number of ether oxygens (including phenoxy) is 1. The van der Waals surface area contributed by atoms with E-state index in [1.807, 2.05) is 25.3 Å². The van der Waals surface area contributed by atoms with Gasteiger partial charge in [0.15, 0.2) is 0 Å². The highest BCUT2D eigenvalue weighted by atomic mass is 16.5. The standard InChI is InChI=1S/C18H21N3O3/c1-3-24-18(23)15-6-7-16-14(9-15)5-4-8-21(16)17(22)12-20-11-13(2)10-19-20/h6-7,9-11H,3-5,8,12H2,1-2H3. The fourth-order valence-electron chi connectivity index (χ4n) is 2.97. The first-order valence-electron chi connectivity index (χ1n) is 8.18. The van der Waals surface area contributed by atoms with Gasteiger partial charge in [-0.25, -0.2) is 4.79 Å². The van der Waals surface area contributed by atoms with Crippen molar-refractivity contribution in [1.29, 1.82) is 0 Å². The molecule has 0 fully saturated rings. The minimum Gasteiger partial charge on any atom is -0.462 e. The quantitative estimate of drug-likeness (QED) is 0.809. The lowest BCUT2D eigenvalue weighted by molar-refractivity contribution is -0.119. The molecule has 1 aliphatic heterocycles. The van der Waals surface area contributed by atoms with E-state index in [4.69, 9.17) is 4.74 Å². The van der Waals surface area contributed by atoms with Crippen LogP contribution in [0.25, 0.3) is 0 Å². The van der Waals surface area contributed by atoms with Crippen molar-refractivity contribution < 1.29 is 14.3 Å². The Morgan fingerprint density at radius 3 is 2.88 bits per heavy atom. The molecule has 1 aliphatic rings. The molecule has 0 unspecified atom stereocenters. The van der Waals surface area contributed by atoms with Crippen molar-refractivity contribution in [1.82, 2.24) is 9.78 Å². The van der Waals surface area contributed by atoms with Crippen molar-refractivity contribution in [2.24, 2.45) is 0 Å². The molecule has 1 aromatic carbocycles. The summed E-state index contributed by atoms with van der Waals surface area (Å²) in [5, 5.41) is 4.17. The fourth-order valence-corrected chi connectivity index (χ4v) is 2.97. The van der Waals surface area contributed by atoms with Crippen molar-refractivity contribution >= 4 is 17.6 Å². The number of carbonyl (C=O) groups is 2. The van der Waals surface area contributed by atoms with Crippen molar-refractivity contribution in [3.8, 4) is 0 Å². The first-order valence-corrected chi connectivity index (χ1v) is 8.18. The van der Waals surface area contributed by atoms with Crippen LogP contribution in [-0.4, -0.2) is 34.8 Å². The number of fused-ring (bicyclic) bond motifs is 1. The second-order valence-corrected chi connectivity index (χ2v) is 5.93. The van der Waals surface area contributed by atoms with Crippen LogP contribution in [0, 0.1) is 6.92 Å². The minimum atomic E-state index is -0.323. The smallest absolute Gasteiger partial charge is 0.338 e. The predicted octanol–water partition coefficient (Wildman–Crippen LogP) is 2.35. The van der Waals surface area contributed by atoms with E-state index in [2.05, 4.69) is 5.10 Å².